The van der Waals surface area contributed by atoms with Gasteiger partial charge in [-0.25, -0.2) is 0 Å². The lowest BCUT2D eigenvalue weighted by Crippen LogP contribution is -2.34. The SMILES string of the molecule is CCCC(CC)NC(=O)c1ccc(NC)nn1. The van der Waals surface area contributed by atoms with Crippen molar-refractivity contribution in [3.63, 3.8) is 0 Å². The quantitative estimate of drug-likeness (QED) is 0.790. The first-order chi connectivity index (χ1) is 8.21. The minimum atomic E-state index is -0.152. The molecule has 1 unspecified atom stereocenters. The second-order valence-electron chi connectivity index (χ2n) is 3.92. The van der Waals surface area contributed by atoms with Crippen molar-refractivity contribution >= 4 is 11.7 Å². The van der Waals surface area contributed by atoms with E-state index in [-0.39, 0.29) is 11.9 Å². The van der Waals surface area contributed by atoms with Gasteiger partial charge in [-0.1, -0.05) is 20.3 Å². The summed E-state index contributed by atoms with van der Waals surface area (Å²) in [5.41, 5.74) is 0.360. The van der Waals surface area contributed by atoms with Crippen LogP contribution in [0.5, 0.6) is 0 Å². The Balaban J connectivity index is 2.62. The van der Waals surface area contributed by atoms with Gasteiger partial charge in [0.25, 0.3) is 5.91 Å². The zero-order valence-corrected chi connectivity index (χ0v) is 10.7. The summed E-state index contributed by atoms with van der Waals surface area (Å²) < 4.78 is 0. The highest BCUT2D eigenvalue weighted by molar-refractivity contribution is 5.92. The van der Waals surface area contributed by atoms with Crippen molar-refractivity contribution in [3.8, 4) is 0 Å². The van der Waals surface area contributed by atoms with Crippen LogP contribution >= 0.6 is 0 Å². The van der Waals surface area contributed by atoms with Crippen LogP contribution in [-0.4, -0.2) is 29.2 Å². The maximum Gasteiger partial charge on any atom is 0.272 e. The molecule has 17 heavy (non-hydrogen) atoms. The third-order valence-electron chi connectivity index (χ3n) is 2.62. The number of hydrogen-bond acceptors (Lipinski definition) is 4. The van der Waals surface area contributed by atoms with Crippen molar-refractivity contribution in [2.75, 3.05) is 12.4 Å². The summed E-state index contributed by atoms with van der Waals surface area (Å²) >= 11 is 0. The monoisotopic (exact) mass is 236 g/mol. The molecular formula is C12H20N4O. The van der Waals surface area contributed by atoms with Crippen LogP contribution in [0, 0.1) is 0 Å². The van der Waals surface area contributed by atoms with Crippen LogP contribution in [-0.2, 0) is 0 Å². The molecule has 1 aromatic rings. The van der Waals surface area contributed by atoms with Gasteiger partial charge in [-0.3, -0.25) is 4.79 Å². The first-order valence-corrected chi connectivity index (χ1v) is 6.03. The average Bonchev–Trinajstić information content (AvgIpc) is 2.38. The van der Waals surface area contributed by atoms with E-state index in [2.05, 4.69) is 34.7 Å². The molecule has 0 saturated carbocycles. The Morgan fingerprint density at radius 3 is 2.59 bits per heavy atom. The molecular weight excluding hydrogens is 216 g/mol. The summed E-state index contributed by atoms with van der Waals surface area (Å²) in [5.74, 6) is 0.502. The van der Waals surface area contributed by atoms with E-state index >= 15 is 0 Å². The Morgan fingerprint density at radius 1 is 1.35 bits per heavy atom. The Morgan fingerprint density at radius 2 is 2.12 bits per heavy atom. The van der Waals surface area contributed by atoms with Crippen molar-refractivity contribution in [1.82, 2.24) is 15.5 Å². The summed E-state index contributed by atoms with van der Waals surface area (Å²) in [6.45, 7) is 4.17. The van der Waals surface area contributed by atoms with E-state index < -0.39 is 0 Å². The molecule has 2 N–H and O–H groups in total. The Hall–Kier alpha value is -1.65. The van der Waals surface area contributed by atoms with Gasteiger partial charge in [0.15, 0.2) is 5.69 Å². The molecule has 1 atom stereocenters. The van der Waals surface area contributed by atoms with Gasteiger partial charge in [-0.05, 0) is 25.0 Å². The maximum absolute atomic E-state index is 11.9. The van der Waals surface area contributed by atoms with Crippen LogP contribution in [0.3, 0.4) is 0 Å². The lowest BCUT2D eigenvalue weighted by molar-refractivity contribution is 0.0927. The summed E-state index contributed by atoms with van der Waals surface area (Å²) in [7, 11) is 1.76. The van der Waals surface area contributed by atoms with E-state index in [4.69, 9.17) is 0 Å². The first kappa shape index (κ1) is 13.4. The highest BCUT2D eigenvalue weighted by Gasteiger charge is 2.12. The highest BCUT2D eigenvalue weighted by Crippen LogP contribution is 2.04. The molecule has 0 saturated heterocycles. The third-order valence-corrected chi connectivity index (χ3v) is 2.62. The highest BCUT2D eigenvalue weighted by atomic mass is 16.2. The zero-order valence-electron chi connectivity index (χ0n) is 10.7. The molecule has 0 aliphatic heterocycles. The van der Waals surface area contributed by atoms with E-state index in [0.29, 0.717) is 11.5 Å². The molecule has 1 rings (SSSR count). The smallest absolute Gasteiger partial charge is 0.272 e. The van der Waals surface area contributed by atoms with Crippen molar-refractivity contribution < 1.29 is 4.79 Å². The summed E-state index contributed by atoms with van der Waals surface area (Å²) in [5, 5.41) is 13.6. The standard InChI is InChI=1S/C12H20N4O/c1-4-6-9(5-2)14-12(17)10-7-8-11(13-3)16-15-10/h7-9H,4-6H2,1-3H3,(H,13,16)(H,14,17). The second kappa shape index (κ2) is 6.83. The number of nitrogens with zero attached hydrogens (tertiary/aromatic N) is 2. The van der Waals surface area contributed by atoms with Gasteiger partial charge in [0, 0.05) is 13.1 Å². The molecule has 0 aliphatic carbocycles. The second-order valence-corrected chi connectivity index (χ2v) is 3.92. The van der Waals surface area contributed by atoms with E-state index in [1.807, 2.05) is 0 Å². The number of carbonyl (C=O) groups excluding carboxylic acids is 1. The Labute approximate surface area is 102 Å². The molecule has 1 amide bonds. The summed E-state index contributed by atoms with van der Waals surface area (Å²) in [4.78, 5) is 11.9. The van der Waals surface area contributed by atoms with Crippen LogP contribution in [0.25, 0.3) is 0 Å². The fraction of sp³-hybridized carbons (Fsp3) is 0.583. The number of nitrogens with one attached hydrogen (secondary N) is 2. The van der Waals surface area contributed by atoms with Crippen molar-refractivity contribution in [2.45, 2.75) is 39.2 Å². The molecule has 5 nitrogen and oxygen atoms in total. The molecule has 5 heteroatoms. The van der Waals surface area contributed by atoms with E-state index in [1.165, 1.54) is 0 Å². The van der Waals surface area contributed by atoms with Crippen LogP contribution < -0.4 is 10.6 Å². The molecule has 1 aromatic heterocycles. The zero-order chi connectivity index (χ0) is 12.7. The molecule has 0 aliphatic rings. The van der Waals surface area contributed by atoms with Crippen LogP contribution in [0.15, 0.2) is 12.1 Å². The summed E-state index contributed by atoms with van der Waals surface area (Å²) in [6.07, 6.45) is 2.98. The lowest BCUT2D eigenvalue weighted by atomic mass is 10.1. The van der Waals surface area contributed by atoms with Crippen molar-refractivity contribution in [1.29, 1.82) is 0 Å². The average molecular weight is 236 g/mol. The maximum atomic E-state index is 11.9. The number of hydrogen-bond donors (Lipinski definition) is 2. The Bertz CT molecular complexity index is 350. The van der Waals surface area contributed by atoms with Gasteiger partial charge in [0.05, 0.1) is 0 Å². The molecule has 0 aromatic carbocycles. The van der Waals surface area contributed by atoms with Gasteiger partial charge >= 0.3 is 0 Å². The number of aromatic nitrogens is 2. The van der Waals surface area contributed by atoms with Crippen molar-refractivity contribution in [2.24, 2.45) is 0 Å². The van der Waals surface area contributed by atoms with Crippen molar-refractivity contribution in [3.05, 3.63) is 17.8 Å². The number of amides is 1. The van der Waals surface area contributed by atoms with Crippen LogP contribution in [0.4, 0.5) is 5.82 Å². The van der Waals surface area contributed by atoms with Gasteiger partial charge in [0.1, 0.15) is 5.82 Å². The molecule has 1 heterocycles. The number of carbonyl (C=O) groups is 1. The minimum absolute atomic E-state index is 0.152. The largest absolute Gasteiger partial charge is 0.372 e. The van der Waals surface area contributed by atoms with Gasteiger partial charge in [0.2, 0.25) is 0 Å². The van der Waals surface area contributed by atoms with E-state index in [1.54, 1.807) is 19.2 Å². The molecule has 94 valence electrons. The van der Waals surface area contributed by atoms with Gasteiger partial charge < -0.3 is 10.6 Å². The predicted molar refractivity (Wildman–Crippen MR) is 68.0 cm³/mol. The summed E-state index contributed by atoms with van der Waals surface area (Å²) in [6, 6.07) is 3.63. The molecule has 0 radical (unpaired) electrons. The molecule has 0 fully saturated rings. The van der Waals surface area contributed by atoms with Crippen LogP contribution in [0.2, 0.25) is 0 Å². The van der Waals surface area contributed by atoms with Crippen LogP contribution in [0.1, 0.15) is 43.6 Å². The Kier molecular flexibility index (Phi) is 5.39. The predicted octanol–water partition coefficient (Wildman–Crippen LogP) is 1.83. The van der Waals surface area contributed by atoms with Gasteiger partial charge in [-0.2, -0.15) is 0 Å². The third kappa shape index (κ3) is 4.01. The fourth-order valence-electron chi connectivity index (χ4n) is 1.57. The minimum Gasteiger partial charge on any atom is -0.372 e. The fourth-order valence-corrected chi connectivity index (χ4v) is 1.57. The van der Waals surface area contributed by atoms with E-state index in [9.17, 15) is 4.79 Å². The normalized spacial score (nSPS) is 11.9. The number of anilines is 1. The topological polar surface area (TPSA) is 66.9 Å². The molecule has 0 bridgehead atoms. The van der Waals surface area contributed by atoms with E-state index in [0.717, 1.165) is 19.3 Å². The first-order valence-electron chi connectivity index (χ1n) is 6.03. The molecule has 0 spiro atoms. The van der Waals surface area contributed by atoms with Gasteiger partial charge in [-0.15, -0.1) is 10.2 Å². The number of rotatable bonds is 6. The lowest BCUT2D eigenvalue weighted by Gasteiger charge is -2.15.